The van der Waals surface area contributed by atoms with Gasteiger partial charge in [-0.2, -0.15) is 0 Å². The Morgan fingerprint density at radius 2 is 1.55 bits per heavy atom. The molecule has 0 unspecified atom stereocenters. The highest BCUT2D eigenvalue weighted by atomic mass is 16.3. The normalized spacial score (nSPS) is 10.2. The molecule has 2 aromatic carbocycles. The fourth-order valence-electron chi connectivity index (χ4n) is 1.83. The third-order valence-electron chi connectivity index (χ3n) is 2.96. The van der Waals surface area contributed by atoms with Gasteiger partial charge in [-0.3, -0.25) is 0 Å². The fraction of sp³-hybridized carbons (Fsp3) is 0.133. The summed E-state index contributed by atoms with van der Waals surface area (Å²) in [7, 11) is 0. The number of anilines is 1. The molecule has 7 heteroatoms. The first-order valence-electron chi connectivity index (χ1n) is 6.53. The van der Waals surface area contributed by atoms with Crippen LogP contribution in [-0.4, -0.2) is 33.0 Å². The van der Waals surface area contributed by atoms with Crippen molar-refractivity contribution in [2.24, 2.45) is 0 Å². The van der Waals surface area contributed by atoms with E-state index < -0.39 is 23.3 Å². The van der Waals surface area contributed by atoms with Gasteiger partial charge in [0.05, 0.1) is 5.69 Å². The van der Waals surface area contributed by atoms with E-state index in [9.17, 15) is 20.1 Å². The molecular formula is C15H16N2O5. The van der Waals surface area contributed by atoms with Gasteiger partial charge in [0.2, 0.25) is 0 Å². The van der Waals surface area contributed by atoms with Crippen molar-refractivity contribution in [3.63, 3.8) is 0 Å². The van der Waals surface area contributed by atoms with Gasteiger partial charge in [-0.25, -0.2) is 4.79 Å². The van der Waals surface area contributed by atoms with Crippen molar-refractivity contribution >= 4 is 11.7 Å². The molecule has 7 nitrogen and oxygen atoms in total. The Hall–Kier alpha value is -3.09. The molecule has 0 saturated heterocycles. The lowest BCUT2D eigenvalue weighted by Crippen LogP contribution is -2.30. The van der Waals surface area contributed by atoms with Crippen LogP contribution < -0.4 is 10.6 Å². The van der Waals surface area contributed by atoms with Gasteiger partial charge in [0.25, 0.3) is 0 Å². The topological polar surface area (TPSA) is 122 Å². The number of hydrogen-bond acceptors (Lipinski definition) is 5. The van der Waals surface area contributed by atoms with Crippen molar-refractivity contribution in [1.82, 2.24) is 5.32 Å². The number of benzene rings is 2. The molecule has 0 aliphatic carbocycles. The first-order chi connectivity index (χ1) is 10.5. The number of urea groups is 1. The van der Waals surface area contributed by atoms with Crippen molar-refractivity contribution < 1.29 is 25.2 Å². The third-order valence-corrected chi connectivity index (χ3v) is 2.96. The van der Waals surface area contributed by atoms with Gasteiger partial charge in [-0.1, -0.05) is 12.1 Å². The molecule has 2 aromatic rings. The summed E-state index contributed by atoms with van der Waals surface area (Å²) in [5, 5.41) is 42.1. The largest absolute Gasteiger partial charge is 0.508 e. The molecule has 0 aliphatic heterocycles. The second kappa shape index (κ2) is 6.57. The number of hydrogen-bond donors (Lipinski definition) is 6. The Morgan fingerprint density at radius 1 is 0.955 bits per heavy atom. The smallest absolute Gasteiger partial charge is 0.319 e. The second-order valence-electron chi connectivity index (χ2n) is 4.66. The first-order valence-corrected chi connectivity index (χ1v) is 6.53. The SMILES string of the molecule is O=C(NCCc1ccc(O)cc1)Nc1cc(O)c(O)c(O)c1. The minimum atomic E-state index is -0.640. The maximum absolute atomic E-state index is 11.7. The molecule has 2 amide bonds. The molecule has 0 bridgehead atoms. The van der Waals surface area contributed by atoms with Gasteiger partial charge in [0.1, 0.15) is 5.75 Å². The van der Waals surface area contributed by atoms with Gasteiger partial charge in [-0.05, 0) is 24.1 Å². The van der Waals surface area contributed by atoms with Gasteiger partial charge in [0.15, 0.2) is 17.2 Å². The number of carbonyl (C=O) groups is 1. The van der Waals surface area contributed by atoms with Crippen LogP contribution in [0.25, 0.3) is 0 Å². The van der Waals surface area contributed by atoms with E-state index in [-0.39, 0.29) is 11.4 Å². The Morgan fingerprint density at radius 3 is 2.14 bits per heavy atom. The number of carbonyl (C=O) groups excluding carboxylic acids is 1. The summed E-state index contributed by atoms with van der Waals surface area (Å²) in [5.41, 5.74) is 1.10. The first kappa shape index (κ1) is 15.3. The van der Waals surface area contributed by atoms with Crippen molar-refractivity contribution in [1.29, 1.82) is 0 Å². The van der Waals surface area contributed by atoms with Gasteiger partial charge < -0.3 is 31.1 Å². The summed E-state index contributed by atoms with van der Waals surface area (Å²) < 4.78 is 0. The molecule has 0 spiro atoms. The summed E-state index contributed by atoms with van der Waals surface area (Å²) in [6, 6.07) is 8.37. The molecule has 0 saturated carbocycles. The molecule has 0 radical (unpaired) electrons. The number of rotatable bonds is 4. The quantitative estimate of drug-likeness (QED) is 0.380. The Labute approximate surface area is 126 Å². The number of nitrogens with one attached hydrogen (secondary N) is 2. The van der Waals surface area contributed by atoms with E-state index in [4.69, 9.17) is 5.11 Å². The van der Waals surface area contributed by atoms with Crippen LogP contribution in [0.4, 0.5) is 10.5 Å². The van der Waals surface area contributed by atoms with E-state index in [1.165, 1.54) is 0 Å². The summed E-state index contributed by atoms with van der Waals surface area (Å²) in [6.45, 7) is 0.368. The van der Waals surface area contributed by atoms with Gasteiger partial charge >= 0.3 is 6.03 Å². The van der Waals surface area contributed by atoms with Crippen LogP contribution >= 0.6 is 0 Å². The second-order valence-corrected chi connectivity index (χ2v) is 4.66. The van der Waals surface area contributed by atoms with Crippen LogP contribution in [0.15, 0.2) is 36.4 Å². The molecule has 0 aliphatic rings. The zero-order valence-corrected chi connectivity index (χ0v) is 11.6. The molecule has 0 fully saturated rings. The number of phenolic OH excluding ortho intramolecular Hbond substituents is 4. The van der Waals surface area contributed by atoms with Crippen molar-refractivity contribution in [3.05, 3.63) is 42.0 Å². The minimum absolute atomic E-state index is 0.148. The van der Waals surface area contributed by atoms with Gasteiger partial charge in [-0.15, -0.1) is 0 Å². The maximum atomic E-state index is 11.7. The Kier molecular flexibility index (Phi) is 4.57. The van der Waals surface area contributed by atoms with Crippen LogP contribution in [0.3, 0.4) is 0 Å². The lowest BCUT2D eigenvalue weighted by Gasteiger charge is -2.09. The molecule has 116 valence electrons. The third kappa shape index (κ3) is 3.95. The predicted molar refractivity (Wildman–Crippen MR) is 80.3 cm³/mol. The van der Waals surface area contributed by atoms with E-state index in [0.717, 1.165) is 17.7 Å². The highest BCUT2D eigenvalue weighted by molar-refractivity contribution is 5.90. The van der Waals surface area contributed by atoms with Crippen LogP contribution in [0.5, 0.6) is 23.0 Å². The lowest BCUT2D eigenvalue weighted by atomic mass is 10.1. The maximum Gasteiger partial charge on any atom is 0.319 e. The fourth-order valence-corrected chi connectivity index (χ4v) is 1.83. The number of aromatic hydroxyl groups is 4. The van der Waals surface area contributed by atoms with Crippen molar-refractivity contribution in [2.45, 2.75) is 6.42 Å². The van der Waals surface area contributed by atoms with E-state index in [0.29, 0.717) is 13.0 Å². The van der Waals surface area contributed by atoms with Crippen LogP contribution in [0.2, 0.25) is 0 Å². The molecule has 0 heterocycles. The van der Waals surface area contributed by atoms with E-state index >= 15 is 0 Å². The Bertz CT molecular complexity index is 647. The zero-order valence-electron chi connectivity index (χ0n) is 11.6. The average molecular weight is 304 g/mol. The minimum Gasteiger partial charge on any atom is -0.508 e. The lowest BCUT2D eigenvalue weighted by molar-refractivity contribution is 0.252. The highest BCUT2D eigenvalue weighted by Gasteiger charge is 2.09. The average Bonchev–Trinajstić information content (AvgIpc) is 2.47. The van der Waals surface area contributed by atoms with Crippen LogP contribution in [-0.2, 0) is 6.42 Å². The van der Waals surface area contributed by atoms with E-state index in [2.05, 4.69) is 10.6 Å². The van der Waals surface area contributed by atoms with Gasteiger partial charge in [0, 0.05) is 18.7 Å². The summed E-state index contributed by atoms with van der Waals surface area (Å²) in [4.78, 5) is 11.7. The van der Waals surface area contributed by atoms with Crippen molar-refractivity contribution in [2.75, 3.05) is 11.9 Å². The van der Waals surface area contributed by atoms with E-state index in [1.807, 2.05) is 0 Å². The zero-order chi connectivity index (χ0) is 16.1. The van der Waals surface area contributed by atoms with Crippen molar-refractivity contribution in [3.8, 4) is 23.0 Å². The van der Waals surface area contributed by atoms with E-state index in [1.54, 1.807) is 24.3 Å². The molecule has 22 heavy (non-hydrogen) atoms. The summed E-state index contributed by atoms with van der Waals surface area (Å²) in [5.74, 6) is -1.52. The molecule has 2 rings (SSSR count). The van der Waals surface area contributed by atoms with Crippen LogP contribution in [0, 0.1) is 0 Å². The number of amides is 2. The predicted octanol–water partition coefficient (Wildman–Crippen LogP) is 1.87. The standard InChI is InChI=1S/C15H16N2O5/c18-11-3-1-9(2-4-11)5-6-16-15(22)17-10-7-12(19)14(21)13(20)8-10/h1-4,7-8,18-21H,5-6H2,(H2,16,17,22). The molecular weight excluding hydrogens is 288 g/mol. The monoisotopic (exact) mass is 304 g/mol. The van der Waals surface area contributed by atoms with Crippen LogP contribution in [0.1, 0.15) is 5.56 Å². The molecule has 0 aromatic heterocycles. The molecule has 6 N–H and O–H groups in total. The highest BCUT2D eigenvalue weighted by Crippen LogP contribution is 2.37. The Balaban J connectivity index is 1.84. The summed E-state index contributed by atoms with van der Waals surface area (Å²) >= 11 is 0. The molecule has 0 atom stereocenters. The summed E-state index contributed by atoms with van der Waals surface area (Å²) in [6.07, 6.45) is 0.583. The number of phenols is 4.